The molecule has 0 amide bonds. The lowest BCUT2D eigenvalue weighted by atomic mass is 10.1. The summed E-state index contributed by atoms with van der Waals surface area (Å²) in [6, 6.07) is 4.41. The number of rotatable bonds is 4. The molecule has 0 spiro atoms. The van der Waals surface area contributed by atoms with Crippen molar-refractivity contribution in [3.8, 4) is 0 Å². The van der Waals surface area contributed by atoms with E-state index in [1.54, 1.807) is 12.1 Å². The van der Waals surface area contributed by atoms with Crippen LogP contribution in [0.25, 0.3) is 0 Å². The summed E-state index contributed by atoms with van der Waals surface area (Å²) in [7, 11) is 0. The molecule has 0 radical (unpaired) electrons. The molecule has 0 aromatic heterocycles. The molecule has 0 atom stereocenters. The van der Waals surface area contributed by atoms with E-state index in [-0.39, 0.29) is 17.2 Å². The number of carbonyl (C=O) groups excluding carboxylic acids is 1. The van der Waals surface area contributed by atoms with Crippen LogP contribution < -0.4 is 0 Å². The molecule has 0 saturated carbocycles. The standard InChI is InChI=1S/C12H12ClFO/c1-2-3-4-10(15)7-9-5-6-11(13)12(14)8-9/h3-6,8H,2,7H2,1H3/b4-3+. The Balaban J connectivity index is 2.69. The average molecular weight is 227 g/mol. The molecule has 0 aliphatic heterocycles. The molecule has 1 aromatic rings. The van der Waals surface area contributed by atoms with Gasteiger partial charge in [0.1, 0.15) is 5.82 Å². The molecule has 1 nitrogen and oxygen atoms in total. The molecule has 0 aliphatic rings. The van der Waals surface area contributed by atoms with Crippen molar-refractivity contribution in [3.05, 3.63) is 46.8 Å². The summed E-state index contributed by atoms with van der Waals surface area (Å²) >= 11 is 5.53. The highest BCUT2D eigenvalue weighted by Crippen LogP contribution is 2.16. The largest absolute Gasteiger partial charge is 0.294 e. The Morgan fingerprint density at radius 2 is 2.27 bits per heavy atom. The van der Waals surface area contributed by atoms with Gasteiger partial charge < -0.3 is 0 Å². The van der Waals surface area contributed by atoms with Gasteiger partial charge in [-0.05, 0) is 30.2 Å². The van der Waals surface area contributed by atoms with Crippen molar-refractivity contribution in [1.29, 1.82) is 0 Å². The van der Waals surface area contributed by atoms with Gasteiger partial charge in [-0.25, -0.2) is 4.39 Å². The van der Waals surface area contributed by atoms with E-state index in [9.17, 15) is 9.18 Å². The highest BCUT2D eigenvalue weighted by molar-refractivity contribution is 6.30. The number of ketones is 1. The third-order valence-corrected chi connectivity index (χ3v) is 2.21. The monoisotopic (exact) mass is 226 g/mol. The van der Waals surface area contributed by atoms with Crippen molar-refractivity contribution in [2.45, 2.75) is 19.8 Å². The van der Waals surface area contributed by atoms with E-state index >= 15 is 0 Å². The summed E-state index contributed by atoms with van der Waals surface area (Å²) < 4.78 is 13.0. The predicted octanol–water partition coefficient (Wildman–Crippen LogP) is 3.56. The molecule has 0 heterocycles. The highest BCUT2D eigenvalue weighted by atomic mass is 35.5. The van der Waals surface area contributed by atoms with Crippen molar-refractivity contribution >= 4 is 17.4 Å². The summed E-state index contributed by atoms with van der Waals surface area (Å²) in [6.07, 6.45) is 4.34. The lowest BCUT2D eigenvalue weighted by molar-refractivity contribution is -0.114. The Labute approximate surface area is 93.6 Å². The Bertz CT molecular complexity index is 385. The van der Waals surface area contributed by atoms with Crippen LogP contribution in [-0.4, -0.2) is 5.78 Å². The molecule has 0 fully saturated rings. The third-order valence-electron chi connectivity index (χ3n) is 1.90. The molecular formula is C12H12ClFO. The first kappa shape index (κ1) is 11.9. The molecular weight excluding hydrogens is 215 g/mol. The minimum Gasteiger partial charge on any atom is -0.294 e. The fourth-order valence-corrected chi connectivity index (χ4v) is 1.28. The summed E-state index contributed by atoms with van der Waals surface area (Å²) in [5, 5.41) is 0.0790. The molecule has 3 heteroatoms. The van der Waals surface area contributed by atoms with Crippen molar-refractivity contribution in [3.63, 3.8) is 0 Å². The second-order valence-electron chi connectivity index (χ2n) is 3.20. The molecule has 80 valence electrons. The Hall–Kier alpha value is -1.15. The normalized spacial score (nSPS) is 10.9. The van der Waals surface area contributed by atoms with Gasteiger partial charge in [-0.3, -0.25) is 4.79 Å². The van der Waals surface area contributed by atoms with Crippen molar-refractivity contribution in [2.75, 3.05) is 0 Å². The van der Waals surface area contributed by atoms with Gasteiger partial charge in [-0.15, -0.1) is 0 Å². The average Bonchev–Trinajstić information content (AvgIpc) is 2.20. The van der Waals surface area contributed by atoms with E-state index in [4.69, 9.17) is 11.6 Å². The van der Waals surface area contributed by atoms with E-state index < -0.39 is 5.82 Å². The van der Waals surface area contributed by atoms with E-state index in [0.717, 1.165) is 6.42 Å². The quantitative estimate of drug-likeness (QED) is 0.718. The van der Waals surface area contributed by atoms with Crippen LogP contribution in [-0.2, 0) is 11.2 Å². The summed E-state index contributed by atoms with van der Waals surface area (Å²) in [5.74, 6) is -0.514. The maximum Gasteiger partial charge on any atom is 0.159 e. The van der Waals surface area contributed by atoms with Gasteiger partial charge >= 0.3 is 0 Å². The van der Waals surface area contributed by atoms with Gasteiger partial charge in [0.15, 0.2) is 5.78 Å². The zero-order valence-corrected chi connectivity index (χ0v) is 9.22. The van der Waals surface area contributed by atoms with Crippen molar-refractivity contribution in [2.24, 2.45) is 0 Å². The van der Waals surface area contributed by atoms with Crippen LogP contribution >= 0.6 is 11.6 Å². The lowest BCUT2D eigenvalue weighted by Crippen LogP contribution is -1.98. The van der Waals surface area contributed by atoms with E-state index in [1.165, 1.54) is 18.2 Å². The topological polar surface area (TPSA) is 17.1 Å². The molecule has 0 saturated heterocycles. The summed E-state index contributed by atoms with van der Waals surface area (Å²) in [4.78, 5) is 11.3. The van der Waals surface area contributed by atoms with Gasteiger partial charge in [0.05, 0.1) is 5.02 Å². The first-order valence-corrected chi connectivity index (χ1v) is 5.14. The number of halogens is 2. The van der Waals surface area contributed by atoms with Crippen LogP contribution in [0.5, 0.6) is 0 Å². The number of hydrogen-bond acceptors (Lipinski definition) is 1. The number of hydrogen-bond donors (Lipinski definition) is 0. The number of allylic oxidation sites excluding steroid dienone is 2. The zero-order valence-electron chi connectivity index (χ0n) is 8.47. The Morgan fingerprint density at radius 1 is 1.53 bits per heavy atom. The SMILES string of the molecule is CC/C=C/C(=O)Cc1ccc(Cl)c(F)c1. The smallest absolute Gasteiger partial charge is 0.159 e. The Morgan fingerprint density at radius 3 is 2.87 bits per heavy atom. The maximum absolute atomic E-state index is 13.0. The van der Waals surface area contributed by atoms with Crippen molar-refractivity contribution in [1.82, 2.24) is 0 Å². The minimum atomic E-state index is -0.485. The fraction of sp³-hybridized carbons (Fsp3) is 0.250. The van der Waals surface area contributed by atoms with E-state index in [1.807, 2.05) is 6.92 Å². The van der Waals surface area contributed by atoms with E-state index in [0.29, 0.717) is 5.56 Å². The van der Waals surface area contributed by atoms with Crippen molar-refractivity contribution < 1.29 is 9.18 Å². The van der Waals surface area contributed by atoms with E-state index in [2.05, 4.69) is 0 Å². The first-order valence-electron chi connectivity index (χ1n) is 4.76. The van der Waals surface area contributed by atoms with Crippen LogP contribution in [0.2, 0.25) is 5.02 Å². The molecule has 1 aromatic carbocycles. The minimum absolute atomic E-state index is 0.0291. The van der Waals surface area contributed by atoms with Crippen LogP contribution in [0.3, 0.4) is 0 Å². The van der Waals surface area contributed by atoms with Gasteiger partial charge in [0, 0.05) is 6.42 Å². The number of benzene rings is 1. The fourth-order valence-electron chi connectivity index (χ4n) is 1.16. The molecule has 15 heavy (non-hydrogen) atoms. The number of carbonyl (C=O) groups is 1. The highest BCUT2D eigenvalue weighted by Gasteiger charge is 2.03. The lowest BCUT2D eigenvalue weighted by Gasteiger charge is -1.99. The van der Waals surface area contributed by atoms with Gasteiger partial charge in [-0.2, -0.15) is 0 Å². The predicted molar refractivity (Wildman–Crippen MR) is 59.6 cm³/mol. The van der Waals surface area contributed by atoms with Crippen LogP contribution in [0.15, 0.2) is 30.4 Å². The zero-order chi connectivity index (χ0) is 11.3. The summed E-state index contributed by atoms with van der Waals surface area (Å²) in [5.41, 5.74) is 0.641. The first-order chi connectivity index (χ1) is 7.13. The Kier molecular flexibility index (Phi) is 4.50. The van der Waals surface area contributed by atoms with Gasteiger partial charge in [-0.1, -0.05) is 30.7 Å². The van der Waals surface area contributed by atoms with Gasteiger partial charge in [0.25, 0.3) is 0 Å². The van der Waals surface area contributed by atoms with Crippen LogP contribution in [0.1, 0.15) is 18.9 Å². The molecule has 1 rings (SSSR count). The molecule has 0 aliphatic carbocycles. The maximum atomic E-state index is 13.0. The van der Waals surface area contributed by atoms with Crippen LogP contribution in [0, 0.1) is 5.82 Å². The molecule has 0 N–H and O–H groups in total. The molecule has 0 bridgehead atoms. The summed E-state index contributed by atoms with van der Waals surface area (Å²) in [6.45, 7) is 1.95. The third kappa shape index (κ3) is 3.84. The second kappa shape index (κ2) is 5.66. The van der Waals surface area contributed by atoms with Gasteiger partial charge in [0.2, 0.25) is 0 Å². The van der Waals surface area contributed by atoms with Crippen LogP contribution in [0.4, 0.5) is 4.39 Å². The second-order valence-corrected chi connectivity index (χ2v) is 3.61. The molecule has 0 unspecified atom stereocenters.